The van der Waals surface area contributed by atoms with Crippen molar-refractivity contribution in [2.24, 2.45) is 15.9 Å². The monoisotopic (exact) mass is 632 g/mol. The molecule has 0 fully saturated rings. The van der Waals surface area contributed by atoms with Crippen molar-refractivity contribution in [2.75, 3.05) is 0 Å². The van der Waals surface area contributed by atoms with E-state index in [4.69, 9.17) is 19.4 Å². The van der Waals surface area contributed by atoms with Crippen LogP contribution in [0.25, 0.3) is 55.2 Å². The summed E-state index contributed by atoms with van der Waals surface area (Å²) in [6.45, 7) is 2.23. The quantitative estimate of drug-likeness (QED) is 0.183. The summed E-state index contributed by atoms with van der Waals surface area (Å²) in [5, 5.41) is 3.28. The van der Waals surface area contributed by atoms with Crippen LogP contribution in [-0.2, 0) is 0 Å². The second kappa shape index (κ2) is 12.1. The summed E-state index contributed by atoms with van der Waals surface area (Å²) in [4.78, 5) is 19.6. The first-order valence-electron chi connectivity index (χ1n) is 16.8. The Bertz CT molecular complexity index is 2540. The van der Waals surface area contributed by atoms with Gasteiger partial charge in [0.25, 0.3) is 0 Å². The third-order valence-electron chi connectivity index (χ3n) is 9.58. The summed E-state index contributed by atoms with van der Waals surface area (Å²) in [5.41, 5.74) is 11.2. The van der Waals surface area contributed by atoms with E-state index >= 15 is 0 Å². The number of furan rings is 1. The fourth-order valence-corrected chi connectivity index (χ4v) is 7.07. The molecule has 0 aliphatic carbocycles. The molecule has 9 rings (SSSR count). The molecule has 1 aliphatic rings. The average Bonchev–Trinajstić information content (AvgIpc) is 3.55. The second-order valence-corrected chi connectivity index (χ2v) is 12.6. The van der Waals surface area contributed by atoms with E-state index in [2.05, 4.69) is 121 Å². The highest BCUT2D eigenvalue weighted by Crippen LogP contribution is 2.38. The Hall–Kier alpha value is -6.20. The van der Waals surface area contributed by atoms with E-state index in [1.165, 1.54) is 5.56 Å². The first-order chi connectivity index (χ1) is 24.2. The molecule has 0 saturated carbocycles. The van der Waals surface area contributed by atoms with E-state index in [-0.39, 0.29) is 12.0 Å². The average molecular weight is 633 g/mol. The van der Waals surface area contributed by atoms with Crippen LogP contribution in [0.5, 0.6) is 0 Å². The Balaban J connectivity index is 1.09. The molecule has 234 valence electrons. The molecule has 1 aliphatic heterocycles. The zero-order valence-corrected chi connectivity index (χ0v) is 27.0. The van der Waals surface area contributed by atoms with E-state index in [9.17, 15) is 0 Å². The highest BCUT2D eigenvalue weighted by Gasteiger charge is 2.32. The van der Waals surface area contributed by atoms with Crippen LogP contribution < -0.4 is 0 Å². The van der Waals surface area contributed by atoms with Gasteiger partial charge >= 0.3 is 0 Å². The van der Waals surface area contributed by atoms with Crippen LogP contribution in [0.1, 0.15) is 36.1 Å². The Morgan fingerprint density at radius 3 is 2.20 bits per heavy atom. The smallest absolute Gasteiger partial charge is 0.155 e. The van der Waals surface area contributed by atoms with Gasteiger partial charge in [-0.3, -0.25) is 9.98 Å². The van der Waals surface area contributed by atoms with Gasteiger partial charge in [-0.25, -0.2) is 9.98 Å². The van der Waals surface area contributed by atoms with Crippen molar-refractivity contribution in [3.8, 4) is 22.4 Å². The van der Waals surface area contributed by atoms with Crippen molar-refractivity contribution >= 4 is 44.4 Å². The van der Waals surface area contributed by atoms with Crippen LogP contribution in [0, 0.1) is 5.92 Å². The molecule has 0 amide bonds. The number of fused-ring (bicyclic) bond motifs is 4. The summed E-state index contributed by atoms with van der Waals surface area (Å²) < 4.78 is 6.49. The molecule has 0 radical (unpaired) electrons. The number of aliphatic imine (C=N–C) groups is 2. The third kappa shape index (κ3) is 5.30. The third-order valence-corrected chi connectivity index (χ3v) is 9.58. The van der Waals surface area contributed by atoms with Gasteiger partial charge in [0.05, 0.1) is 23.0 Å². The molecule has 0 bridgehead atoms. The minimum Gasteiger partial charge on any atom is -0.456 e. The number of hydrogen-bond acceptors (Lipinski definition) is 5. The van der Waals surface area contributed by atoms with Crippen molar-refractivity contribution in [1.29, 1.82) is 0 Å². The highest BCUT2D eigenvalue weighted by molar-refractivity contribution is 6.17. The molecule has 4 heterocycles. The predicted octanol–water partition coefficient (Wildman–Crippen LogP) is 10.9. The fraction of sp³-hybridized carbons (Fsp3) is 0.0909. The minimum atomic E-state index is -0.0260. The van der Waals surface area contributed by atoms with Crippen LogP contribution in [-0.4, -0.2) is 21.5 Å². The molecule has 5 aromatic carbocycles. The zero-order valence-electron chi connectivity index (χ0n) is 27.0. The molecular formula is C44H32N4O. The van der Waals surface area contributed by atoms with Gasteiger partial charge < -0.3 is 4.42 Å². The number of benzene rings is 5. The number of hydrogen-bond donors (Lipinski definition) is 0. The van der Waals surface area contributed by atoms with Gasteiger partial charge in [0.15, 0.2) is 5.84 Å². The van der Waals surface area contributed by atoms with Crippen LogP contribution in [0.2, 0.25) is 0 Å². The molecule has 2 atom stereocenters. The first kappa shape index (κ1) is 29.0. The van der Waals surface area contributed by atoms with E-state index in [0.29, 0.717) is 0 Å². The molecule has 5 nitrogen and oxygen atoms in total. The zero-order chi connectivity index (χ0) is 32.7. The highest BCUT2D eigenvalue weighted by atomic mass is 16.3. The van der Waals surface area contributed by atoms with Crippen LogP contribution in [0.15, 0.2) is 166 Å². The van der Waals surface area contributed by atoms with Gasteiger partial charge in [0.2, 0.25) is 0 Å². The maximum Gasteiger partial charge on any atom is 0.155 e. The molecule has 49 heavy (non-hydrogen) atoms. The molecular weight excluding hydrogens is 601 g/mol. The molecule has 3 aromatic heterocycles. The van der Waals surface area contributed by atoms with Crippen LogP contribution >= 0.6 is 0 Å². The molecule has 2 unspecified atom stereocenters. The molecule has 0 N–H and O–H groups in total. The lowest BCUT2D eigenvalue weighted by Gasteiger charge is -2.29. The minimum absolute atomic E-state index is 0.0260. The van der Waals surface area contributed by atoms with E-state index in [0.717, 1.165) is 84.3 Å². The number of amidine groups is 1. The van der Waals surface area contributed by atoms with Crippen molar-refractivity contribution in [3.05, 3.63) is 169 Å². The largest absolute Gasteiger partial charge is 0.456 e. The SMILES string of the molecule is CCC1C(c2ccc3c(c2)oc2ccc(-c4ccc5nc(-c6cccnc6)ccc5c4)cc23)=NC(c2ccccc2)=NC1c1ccccc1. The van der Waals surface area contributed by atoms with Crippen molar-refractivity contribution in [3.63, 3.8) is 0 Å². The second-order valence-electron chi connectivity index (χ2n) is 12.6. The summed E-state index contributed by atoms with van der Waals surface area (Å²) in [7, 11) is 0. The predicted molar refractivity (Wildman–Crippen MR) is 200 cm³/mol. The van der Waals surface area contributed by atoms with Crippen LogP contribution in [0.3, 0.4) is 0 Å². The lowest BCUT2D eigenvalue weighted by molar-refractivity contribution is 0.532. The van der Waals surface area contributed by atoms with E-state index in [1.54, 1.807) is 6.20 Å². The van der Waals surface area contributed by atoms with Gasteiger partial charge in [0, 0.05) is 51.2 Å². The van der Waals surface area contributed by atoms with Crippen LogP contribution in [0.4, 0.5) is 0 Å². The Kier molecular flexibility index (Phi) is 7.16. The lowest BCUT2D eigenvalue weighted by Crippen LogP contribution is -2.28. The maximum atomic E-state index is 6.49. The molecule has 0 saturated heterocycles. The van der Waals surface area contributed by atoms with Gasteiger partial charge in [-0.15, -0.1) is 0 Å². The topological polar surface area (TPSA) is 63.6 Å². The Labute approximate surface area is 284 Å². The summed E-state index contributed by atoms with van der Waals surface area (Å²) in [5.74, 6) is 0.897. The van der Waals surface area contributed by atoms with Crippen molar-refractivity contribution < 1.29 is 4.42 Å². The fourth-order valence-electron chi connectivity index (χ4n) is 7.07. The standard InChI is InChI=1S/C44H32N4O/c1-2-35-42(28-10-5-3-6-11-28)47-44(29-12-7-4-8-13-29)48-43(35)33-15-19-36-37-25-31(18-22-40(37)49-41(36)26-33)30-16-20-38-32(24-30)17-21-39(46-38)34-14-9-23-45-27-34/h3-27,35,42H,2H2,1H3. The summed E-state index contributed by atoms with van der Waals surface area (Å²) in [6, 6.07) is 48.4. The normalized spacial score (nSPS) is 16.2. The Morgan fingerprint density at radius 1 is 0.612 bits per heavy atom. The Morgan fingerprint density at radius 2 is 1.39 bits per heavy atom. The molecule has 5 heteroatoms. The van der Waals surface area contributed by atoms with Gasteiger partial charge in [-0.2, -0.15) is 0 Å². The summed E-state index contributed by atoms with van der Waals surface area (Å²) >= 11 is 0. The number of rotatable bonds is 6. The number of aromatic nitrogens is 2. The number of pyridine rings is 2. The summed E-state index contributed by atoms with van der Waals surface area (Å²) in [6.07, 6.45) is 4.54. The number of nitrogens with zero attached hydrogens (tertiary/aromatic N) is 4. The van der Waals surface area contributed by atoms with Crippen molar-refractivity contribution in [2.45, 2.75) is 19.4 Å². The van der Waals surface area contributed by atoms with Crippen molar-refractivity contribution in [1.82, 2.24) is 9.97 Å². The maximum absolute atomic E-state index is 6.49. The lowest BCUT2D eigenvalue weighted by atomic mass is 9.83. The van der Waals surface area contributed by atoms with Gasteiger partial charge in [0.1, 0.15) is 11.2 Å². The molecule has 8 aromatic rings. The van der Waals surface area contributed by atoms with E-state index < -0.39 is 0 Å². The van der Waals surface area contributed by atoms with Gasteiger partial charge in [-0.1, -0.05) is 91.9 Å². The van der Waals surface area contributed by atoms with E-state index in [1.807, 2.05) is 36.5 Å². The molecule has 0 spiro atoms. The first-order valence-corrected chi connectivity index (χ1v) is 16.8. The van der Waals surface area contributed by atoms with Gasteiger partial charge in [-0.05, 0) is 77.7 Å².